The maximum Gasteiger partial charge on any atom is 0.322 e. The molecular weight excluding hydrogens is 384 g/mol. The molecular formula is C19H25ClN4O2S. The molecule has 1 atom stereocenters. The molecule has 0 saturated carbocycles. The van der Waals surface area contributed by atoms with Crippen LogP contribution in [0.5, 0.6) is 0 Å². The van der Waals surface area contributed by atoms with E-state index in [-0.39, 0.29) is 24.0 Å². The van der Waals surface area contributed by atoms with Gasteiger partial charge in [0.2, 0.25) is 0 Å². The first-order chi connectivity index (χ1) is 12.8. The lowest BCUT2D eigenvalue weighted by Gasteiger charge is -2.26. The highest BCUT2D eigenvalue weighted by Crippen LogP contribution is 2.18. The molecule has 8 heteroatoms. The highest BCUT2D eigenvalue weighted by molar-refractivity contribution is 7.09. The van der Waals surface area contributed by atoms with Crippen LogP contribution in [-0.4, -0.2) is 33.9 Å². The van der Waals surface area contributed by atoms with E-state index in [0.29, 0.717) is 28.0 Å². The van der Waals surface area contributed by atoms with E-state index in [0.717, 1.165) is 6.42 Å². The Bertz CT molecular complexity index is 794. The van der Waals surface area contributed by atoms with Crippen LogP contribution in [0.4, 0.5) is 10.5 Å². The molecule has 0 aliphatic rings. The van der Waals surface area contributed by atoms with Gasteiger partial charge in [-0.15, -0.1) is 11.3 Å². The molecule has 2 N–H and O–H groups in total. The van der Waals surface area contributed by atoms with Crippen molar-refractivity contribution in [3.63, 3.8) is 0 Å². The van der Waals surface area contributed by atoms with Gasteiger partial charge in [0, 0.05) is 28.2 Å². The van der Waals surface area contributed by atoms with Crippen molar-refractivity contribution >= 4 is 40.6 Å². The number of carbonyl (C=O) groups excluding carboxylic acids is 2. The molecule has 146 valence electrons. The van der Waals surface area contributed by atoms with Crippen molar-refractivity contribution in [1.82, 2.24) is 15.2 Å². The molecule has 2 aromatic rings. The van der Waals surface area contributed by atoms with E-state index in [1.165, 1.54) is 11.3 Å². The van der Waals surface area contributed by atoms with Gasteiger partial charge >= 0.3 is 6.03 Å². The fraction of sp³-hybridized carbons (Fsp3) is 0.421. The summed E-state index contributed by atoms with van der Waals surface area (Å²) in [6.07, 6.45) is 0.855. The number of rotatable bonds is 7. The third-order valence-corrected chi connectivity index (χ3v) is 5.11. The van der Waals surface area contributed by atoms with Gasteiger partial charge in [0.25, 0.3) is 5.91 Å². The second kappa shape index (κ2) is 9.71. The van der Waals surface area contributed by atoms with Crippen LogP contribution in [0, 0.1) is 0 Å². The SMILES string of the molecule is CC[C@@H](C)NC(=O)c1csc(CN(C(=O)Nc2cccc(Cl)c2)C(C)C)n1. The predicted molar refractivity (Wildman–Crippen MR) is 110 cm³/mol. The van der Waals surface area contributed by atoms with Gasteiger partial charge in [-0.05, 0) is 45.4 Å². The van der Waals surface area contributed by atoms with E-state index in [1.807, 2.05) is 27.7 Å². The summed E-state index contributed by atoms with van der Waals surface area (Å²) >= 11 is 7.34. The average molecular weight is 409 g/mol. The highest BCUT2D eigenvalue weighted by atomic mass is 35.5. The first-order valence-electron chi connectivity index (χ1n) is 8.88. The number of anilines is 1. The minimum atomic E-state index is -0.243. The number of amides is 3. The Morgan fingerprint density at radius 3 is 2.67 bits per heavy atom. The molecule has 6 nitrogen and oxygen atoms in total. The molecule has 0 bridgehead atoms. The molecule has 3 amide bonds. The number of carbonyl (C=O) groups is 2. The quantitative estimate of drug-likeness (QED) is 0.693. The fourth-order valence-electron chi connectivity index (χ4n) is 2.28. The number of aromatic nitrogens is 1. The molecule has 0 radical (unpaired) electrons. The number of urea groups is 1. The van der Waals surface area contributed by atoms with Gasteiger partial charge in [-0.2, -0.15) is 0 Å². The number of nitrogens with zero attached hydrogens (tertiary/aromatic N) is 2. The lowest BCUT2D eigenvalue weighted by Crippen LogP contribution is -2.39. The number of hydrogen-bond acceptors (Lipinski definition) is 4. The predicted octanol–water partition coefficient (Wildman–Crippen LogP) is 4.77. The molecule has 0 aliphatic carbocycles. The fourth-order valence-corrected chi connectivity index (χ4v) is 3.25. The van der Waals surface area contributed by atoms with Gasteiger partial charge in [0.05, 0.1) is 6.54 Å². The second-order valence-electron chi connectivity index (χ2n) is 6.57. The Kier molecular flexibility index (Phi) is 7.62. The van der Waals surface area contributed by atoms with Crippen molar-refractivity contribution in [2.45, 2.75) is 52.7 Å². The second-order valence-corrected chi connectivity index (χ2v) is 7.95. The van der Waals surface area contributed by atoms with E-state index < -0.39 is 0 Å². The normalized spacial score (nSPS) is 11.9. The average Bonchev–Trinajstić information content (AvgIpc) is 3.08. The van der Waals surface area contributed by atoms with E-state index in [1.54, 1.807) is 34.5 Å². The zero-order chi connectivity index (χ0) is 20.0. The Hall–Kier alpha value is -2.12. The Labute approximate surface area is 168 Å². The van der Waals surface area contributed by atoms with Crippen LogP contribution in [0.15, 0.2) is 29.6 Å². The molecule has 1 aromatic heterocycles. The van der Waals surface area contributed by atoms with Gasteiger partial charge in [0.1, 0.15) is 10.7 Å². The molecule has 0 spiro atoms. The van der Waals surface area contributed by atoms with Crippen molar-refractivity contribution < 1.29 is 9.59 Å². The number of benzene rings is 1. The smallest absolute Gasteiger partial charge is 0.322 e. The maximum absolute atomic E-state index is 12.7. The maximum atomic E-state index is 12.7. The van der Waals surface area contributed by atoms with Crippen molar-refractivity contribution in [2.24, 2.45) is 0 Å². The van der Waals surface area contributed by atoms with E-state index >= 15 is 0 Å². The van der Waals surface area contributed by atoms with Gasteiger partial charge in [-0.25, -0.2) is 9.78 Å². The standard InChI is InChI=1S/C19H25ClN4O2S/c1-5-13(4)21-18(25)16-11-27-17(23-16)10-24(12(2)3)19(26)22-15-8-6-7-14(20)9-15/h6-9,11-13H,5,10H2,1-4H3,(H,21,25)(H,22,26)/t13-/m1/s1. The molecule has 0 fully saturated rings. The summed E-state index contributed by atoms with van der Waals surface area (Å²) in [5, 5.41) is 8.73. The third kappa shape index (κ3) is 6.22. The van der Waals surface area contributed by atoms with E-state index in [9.17, 15) is 9.59 Å². The molecule has 1 aromatic carbocycles. The zero-order valence-electron chi connectivity index (χ0n) is 16.0. The minimum Gasteiger partial charge on any atom is -0.348 e. The summed E-state index contributed by atoms with van der Waals surface area (Å²) < 4.78 is 0. The van der Waals surface area contributed by atoms with Crippen LogP contribution >= 0.6 is 22.9 Å². The van der Waals surface area contributed by atoms with Crippen LogP contribution in [0.25, 0.3) is 0 Å². The first kappa shape index (κ1) is 21.2. The summed E-state index contributed by atoms with van der Waals surface area (Å²) in [7, 11) is 0. The summed E-state index contributed by atoms with van der Waals surface area (Å²) in [5.41, 5.74) is 1.01. The van der Waals surface area contributed by atoms with Gasteiger partial charge < -0.3 is 15.5 Å². The molecule has 2 rings (SSSR count). The minimum absolute atomic E-state index is 0.0366. The molecule has 0 aliphatic heterocycles. The van der Waals surface area contributed by atoms with Crippen LogP contribution in [0.1, 0.15) is 49.6 Å². The Morgan fingerprint density at radius 2 is 2.04 bits per heavy atom. The molecule has 1 heterocycles. The number of hydrogen-bond donors (Lipinski definition) is 2. The topological polar surface area (TPSA) is 74.3 Å². The van der Waals surface area contributed by atoms with Gasteiger partial charge in [-0.1, -0.05) is 24.6 Å². The molecule has 0 unspecified atom stereocenters. The van der Waals surface area contributed by atoms with Crippen molar-refractivity contribution in [1.29, 1.82) is 0 Å². The summed E-state index contributed by atoms with van der Waals surface area (Å²) in [6, 6.07) is 6.82. The molecule has 27 heavy (non-hydrogen) atoms. The van der Waals surface area contributed by atoms with E-state index in [2.05, 4.69) is 15.6 Å². The Balaban J connectivity index is 2.05. The number of nitrogens with one attached hydrogen (secondary N) is 2. The molecule has 0 saturated heterocycles. The zero-order valence-corrected chi connectivity index (χ0v) is 17.5. The monoisotopic (exact) mass is 408 g/mol. The van der Waals surface area contributed by atoms with Crippen LogP contribution in [-0.2, 0) is 6.54 Å². The summed E-state index contributed by atoms with van der Waals surface area (Å²) in [5.74, 6) is -0.189. The van der Waals surface area contributed by atoms with Gasteiger partial charge in [0.15, 0.2) is 0 Å². The van der Waals surface area contributed by atoms with Crippen molar-refractivity contribution in [2.75, 3.05) is 5.32 Å². The van der Waals surface area contributed by atoms with Crippen molar-refractivity contribution in [3.05, 3.63) is 45.4 Å². The van der Waals surface area contributed by atoms with Crippen molar-refractivity contribution in [3.8, 4) is 0 Å². The number of halogens is 1. The summed E-state index contributed by atoms with van der Waals surface area (Å²) in [6.45, 7) is 8.15. The lowest BCUT2D eigenvalue weighted by molar-refractivity contribution is 0.0934. The third-order valence-electron chi connectivity index (χ3n) is 4.04. The Morgan fingerprint density at radius 1 is 1.30 bits per heavy atom. The van der Waals surface area contributed by atoms with Gasteiger partial charge in [-0.3, -0.25) is 4.79 Å². The lowest BCUT2D eigenvalue weighted by atomic mass is 10.2. The highest BCUT2D eigenvalue weighted by Gasteiger charge is 2.20. The first-order valence-corrected chi connectivity index (χ1v) is 10.1. The van der Waals surface area contributed by atoms with Crippen LogP contribution in [0.3, 0.4) is 0 Å². The summed E-state index contributed by atoms with van der Waals surface area (Å²) in [4.78, 5) is 30.9. The van der Waals surface area contributed by atoms with Crippen LogP contribution in [0.2, 0.25) is 5.02 Å². The van der Waals surface area contributed by atoms with E-state index in [4.69, 9.17) is 11.6 Å². The van der Waals surface area contributed by atoms with Crippen LogP contribution < -0.4 is 10.6 Å². The number of thiazole rings is 1. The largest absolute Gasteiger partial charge is 0.348 e.